The Hall–Kier alpha value is -4.86. The molecule has 0 spiro atoms. The first-order chi connectivity index (χ1) is 26.5. The molecule has 1 aliphatic carbocycles. The van der Waals surface area contributed by atoms with Gasteiger partial charge in [0, 0.05) is 39.3 Å². The first kappa shape index (κ1) is 40.8. The second-order valence-electron chi connectivity index (χ2n) is 16.6. The normalized spacial score (nSPS) is 25.7. The maximum absolute atomic E-state index is 14.4. The summed E-state index contributed by atoms with van der Waals surface area (Å²) in [5.41, 5.74) is 0.427. The Bertz CT molecular complexity index is 1910. The number of alkyl carbamates (subject to hydrolysis) is 1. The van der Waals surface area contributed by atoms with Gasteiger partial charge in [-0.2, -0.15) is 0 Å². The number of rotatable bonds is 6. The lowest BCUT2D eigenvalue weighted by molar-refractivity contribution is -0.141. The molecule has 56 heavy (non-hydrogen) atoms. The van der Waals surface area contributed by atoms with Crippen LogP contribution in [0.5, 0.6) is 0 Å². The topological polar surface area (TPSA) is 184 Å². The number of benzene rings is 2. The van der Waals surface area contributed by atoms with Crippen LogP contribution >= 0.6 is 0 Å². The van der Waals surface area contributed by atoms with Gasteiger partial charge in [-0.1, -0.05) is 56.4 Å². The largest absolute Gasteiger partial charge is 0.444 e. The summed E-state index contributed by atoms with van der Waals surface area (Å²) in [6, 6.07) is 11.5. The van der Waals surface area contributed by atoms with Gasteiger partial charge in [0.1, 0.15) is 29.3 Å². The number of sulfonamides is 1. The van der Waals surface area contributed by atoms with E-state index in [9.17, 15) is 32.4 Å². The molecule has 304 valence electrons. The number of carbonyl (C=O) groups excluding carboxylic acids is 5. The van der Waals surface area contributed by atoms with E-state index in [2.05, 4.69) is 15.4 Å². The van der Waals surface area contributed by atoms with E-state index in [1.807, 2.05) is 43.3 Å². The Morgan fingerprint density at radius 2 is 1.54 bits per heavy atom. The molecule has 5 atom stereocenters. The van der Waals surface area contributed by atoms with Crippen LogP contribution in [-0.2, 0) is 47.0 Å². The molecule has 3 N–H and O–H groups in total. The summed E-state index contributed by atoms with van der Waals surface area (Å²) < 4.78 is 40.6. The molecule has 3 heterocycles. The fourth-order valence-corrected chi connectivity index (χ4v) is 8.93. The van der Waals surface area contributed by atoms with Crippen molar-refractivity contribution in [3.8, 4) is 0 Å². The van der Waals surface area contributed by atoms with Crippen molar-refractivity contribution < 1.29 is 41.9 Å². The summed E-state index contributed by atoms with van der Waals surface area (Å²) in [7, 11) is -0.654. The van der Waals surface area contributed by atoms with Crippen LogP contribution in [0.4, 0.5) is 15.3 Å². The lowest BCUT2D eigenvalue weighted by Gasteiger charge is -2.30. The van der Waals surface area contributed by atoms with Crippen LogP contribution in [0.3, 0.4) is 0 Å². The van der Waals surface area contributed by atoms with Gasteiger partial charge >= 0.3 is 12.2 Å². The quantitative estimate of drug-likeness (QED) is 0.384. The maximum Gasteiger partial charge on any atom is 0.410 e. The van der Waals surface area contributed by atoms with E-state index in [1.54, 1.807) is 37.8 Å². The van der Waals surface area contributed by atoms with Crippen LogP contribution in [0.1, 0.15) is 89.7 Å². The van der Waals surface area contributed by atoms with Crippen molar-refractivity contribution in [1.82, 2.24) is 25.2 Å². The molecule has 5 amide bonds. The van der Waals surface area contributed by atoms with E-state index in [0.29, 0.717) is 32.4 Å². The van der Waals surface area contributed by atoms with Gasteiger partial charge in [0.15, 0.2) is 0 Å². The fourth-order valence-electron chi connectivity index (χ4n) is 7.90. The lowest BCUT2D eigenvalue weighted by atomic mass is 10.0. The molecular formula is C40H54N6O9S. The molecule has 6 rings (SSSR count). The number of ether oxygens (including phenoxy) is 2. The van der Waals surface area contributed by atoms with Gasteiger partial charge in [-0.15, -0.1) is 0 Å². The molecule has 1 unspecified atom stereocenters. The molecule has 1 saturated carbocycles. The highest BCUT2D eigenvalue weighted by Gasteiger charge is 2.62. The van der Waals surface area contributed by atoms with Gasteiger partial charge in [0.25, 0.3) is 15.9 Å². The Balaban J connectivity index is 1.25. The lowest BCUT2D eigenvalue weighted by Crippen LogP contribution is -2.58. The number of nitrogens with one attached hydrogen (secondary N) is 3. The summed E-state index contributed by atoms with van der Waals surface area (Å²) in [5, 5.41) is 5.59. The number of anilines is 1. The third kappa shape index (κ3) is 9.39. The molecule has 0 radical (unpaired) electrons. The third-order valence-corrected chi connectivity index (χ3v) is 12.3. The number of hydrogen-bond acceptors (Lipinski definition) is 10. The van der Waals surface area contributed by atoms with E-state index >= 15 is 0 Å². The summed E-state index contributed by atoms with van der Waals surface area (Å²) in [5.74, 6) is -2.41. The van der Waals surface area contributed by atoms with Crippen molar-refractivity contribution in [2.75, 3.05) is 25.5 Å². The summed E-state index contributed by atoms with van der Waals surface area (Å²) in [6.45, 7) is 5.73. The third-order valence-electron chi connectivity index (χ3n) is 11.0. The number of nitrogens with zero attached hydrogens (tertiary/aromatic N) is 3. The van der Waals surface area contributed by atoms with E-state index in [0.717, 1.165) is 42.5 Å². The SMILES string of the molecule is CN(C)c1ccc(S(=O)(=O)NC(=O)[C@@]23C[C@H]2CCCCCCCC(NC(=O)OC(C)(C)C)C(=O)N2C[C@H](OC(=O)N4Cc5ccccc5C4)C[C@H]2C(=O)N3)cc1. The molecule has 4 aliphatic rings. The van der Waals surface area contributed by atoms with Crippen LogP contribution in [0, 0.1) is 5.92 Å². The molecule has 0 aromatic heterocycles. The van der Waals surface area contributed by atoms with Crippen LogP contribution in [0.25, 0.3) is 0 Å². The molecule has 0 bridgehead atoms. The number of amides is 5. The van der Waals surface area contributed by atoms with Crippen molar-refractivity contribution in [3.05, 3.63) is 59.7 Å². The molecule has 2 aromatic carbocycles. The average Bonchev–Trinajstić information content (AvgIpc) is 3.42. The smallest absolute Gasteiger partial charge is 0.410 e. The molecule has 15 nitrogen and oxygen atoms in total. The predicted molar refractivity (Wildman–Crippen MR) is 207 cm³/mol. The van der Waals surface area contributed by atoms with Crippen molar-refractivity contribution in [3.63, 3.8) is 0 Å². The molecular weight excluding hydrogens is 741 g/mol. The number of fused-ring (bicyclic) bond motifs is 3. The minimum absolute atomic E-state index is 0.0673. The zero-order valence-electron chi connectivity index (χ0n) is 32.8. The average molecular weight is 795 g/mol. The monoisotopic (exact) mass is 794 g/mol. The first-order valence-electron chi connectivity index (χ1n) is 19.4. The summed E-state index contributed by atoms with van der Waals surface area (Å²) in [4.78, 5) is 73.9. The van der Waals surface area contributed by atoms with E-state index < -0.39 is 69.3 Å². The van der Waals surface area contributed by atoms with Crippen molar-refractivity contribution >= 4 is 45.6 Å². The van der Waals surface area contributed by atoms with Gasteiger partial charge in [0.05, 0.1) is 11.4 Å². The van der Waals surface area contributed by atoms with Crippen LogP contribution in [-0.4, -0.2) is 98.1 Å². The van der Waals surface area contributed by atoms with Gasteiger partial charge in [-0.25, -0.2) is 22.7 Å². The Kier molecular flexibility index (Phi) is 11.9. The van der Waals surface area contributed by atoms with Gasteiger partial charge < -0.3 is 29.9 Å². The highest BCUT2D eigenvalue weighted by atomic mass is 32.2. The van der Waals surface area contributed by atoms with Crippen molar-refractivity contribution in [1.29, 1.82) is 0 Å². The van der Waals surface area contributed by atoms with Gasteiger partial charge in [0.2, 0.25) is 11.8 Å². The number of hydrogen-bond donors (Lipinski definition) is 3. The summed E-state index contributed by atoms with van der Waals surface area (Å²) >= 11 is 0. The van der Waals surface area contributed by atoms with Gasteiger partial charge in [-0.05, 0) is 81.3 Å². The van der Waals surface area contributed by atoms with E-state index in [4.69, 9.17) is 9.47 Å². The van der Waals surface area contributed by atoms with Crippen molar-refractivity contribution in [2.24, 2.45) is 5.92 Å². The Labute approximate surface area is 328 Å². The highest BCUT2D eigenvalue weighted by Crippen LogP contribution is 2.48. The molecule has 16 heteroatoms. The zero-order chi connectivity index (χ0) is 40.4. The molecule has 2 aromatic rings. The summed E-state index contributed by atoms with van der Waals surface area (Å²) in [6.07, 6.45) is 2.60. The van der Waals surface area contributed by atoms with Gasteiger partial charge in [-0.3, -0.25) is 19.3 Å². The fraction of sp³-hybridized carbons (Fsp3) is 0.575. The second-order valence-corrected chi connectivity index (χ2v) is 18.3. The highest BCUT2D eigenvalue weighted by molar-refractivity contribution is 7.90. The Morgan fingerprint density at radius 3 is 2.16 bits per heavy atom. The first-order valence-corrected chi connectivity index (χ1v) is 20.9. The zero-order valence-corrected chi connectivity index (χ0v) is 33.7. The van der Waals surface area contributed by atoms with Crippen LogP contribution in [0.2, 0.25) is 0 Å². The minimum atomic E-state index is -4.30. The van der Waals surface area contributed by atoms with Crippen LogP contribution in [0.15, 0.2) is 53.4 Å². The number of carbonyl (C=O) groups is 5. The standard InChI is InChI=1S/C40H54N6O9S/c1-39(2,3)55-37(50)41-32-16-10-8-6-7-9-15-28-22-40(28,36(49)43-56(52,53)31-19-17-29(18-20-31)44(4)5)42-34(47)33-21-30(25-46(33)35(32)48)54-38(51)45-23-26-13-11-12-14-27(26)24-45/h11-14,17-20,28,30,32-33H,6-10,15-16,21-25H2,1-5H3,(H,41,50)(H,42,47)(H,43,49)/t28-,30-,32?,33+,40-/m1/s1. The molecule has 2 saturated heterocycles. The van der Waals surface area contributed by atoms with Crippen molar-refractivity contribution in [2.45, 2.75) is 126 Å². The maximum atomic E-state index is 14.4. The van der Waals surface area contributed by atoms with E-state index in [-0.39, 0.29) is 30.2 Å². The minimum Gasteiger partial charge on any atom is -0.444 e. The second kappa shape index (κ2) is 16.3. The predicted octanol–water partition coefficient (Wildman–Crippen LogP) is 4.19. The molecule has 3 fully saturated rings. The molecule has 3 aliphatic heterocycles. The van der Waals surface area contributed by atoms with Crippen LogP contribution < -0.4 is 20.3 Å². The van der Waals surface area contributed by atoms with E-state index in [1.165, 1.54) is 17.0 Å². The Morgan fingerprint density at radius 1 is 0.911 bits per heavy atom.